The molecule has 2 fully saturated rings. The maximum Gasteiger partial charge on any atom is 0.326 e. The normalized spacial score (nSPS) is 19.9. The lowest BCUT2D eigenvalue weighted by molar-refractivity contribution is -0.149. The molecule has 442 valence electrons. The second kappa shape index (κ2) is 33.0. The topological polar surface area (TPSA) is 420 Å². The number of carboxylic acid groups (broad SMARTS) is 1. The van der Waals surface area contributed by atoms with E-state index in [-0.39, 0.29) is 56.2 Å². The van der Waals surface area contributed by atoms with E-state index in [1.165, 1.54) is 23.6 Å². The number of carboxylic acids is 1. The first-order valence-electron chi connectivity index (χ1n) is 26.4. The Labute approximate surface area is 465 Å². The molecule has 78 heavy (non-hydrogen) atoms. The fourth-order valence-electron chi connectivity index (χ4n) is 8.73. The van der Waals surface area contributed by atoms with Gasteiger partial charge in [0.2, 0.25) is 65.0 Å². The molecule has 0 bridgehead atoms. The number of aliphatic hydroxyl groups is 2. The van der Waals surface area contributed by atoms with Crippen LogP contribution in [0.5, 0.6) is 0 Å². The Kier molecular flexibility index (Phi) is 28.9. The predicted octanol–water partition coefficient (Wildman–Crippen LogP) is -4.08. The van der Waals surface area contributed by atoms with Gasteiger partial charge in [-0.2, -0.15) is 25.3 Å². The van der Waals surface area contributed by atoms with Crippen LogP contribution in [0.3, 0.4) is 0 Å². The third-order valence-corrected chi connectivity index (χ3v) is 14.6. The molecule has 15 N–H and O–H groups in total. The highest BCUT2D eigenvalue weighted by Gasteiger charge is 2.46. The van der Waals surface area contributed by atoms with Crippen molar-refractivity contribution in [3.8, 4) is 0 Å². The van der Waals surface area contributed by atoms with Crippen LogP contribution in [0.4, 0.5) is 0 Å². The lowest BCUT2D eigenvalue weighted by atomic mass is 9.96. The number of primary amides is 1. The van der Waals surface area contributed by atoms with Crippen LogP contribution in [-0.4, -0.2) is 200 Å². The second-order valence-electron chi connectivity index (χ2n) is 20.5. The Morgan fingerprint density at radius 2 is 1.06 bits per heavy atom. The number of nitrogens with one attached hydrogen (secondary N) is 8. The van der Waals surface area contributed by atoms with Crippen molar-refractivity contribution in [2.24, 2.45) is 29.2 Å². The van der Waals surface area contributed by atoms with Gasteiger partial charge in [0.15, 0.2) is 0 Å². The molecule has 0 aliphatic carbocycles. The number of hydrogen-bond acceptors (Lipinski definition) is 17. The number of carbonyl (C=O) groups is 12. The van der Waals surface area contributed by atoms with Crippen LogP contribution in [-0.2, 0) is 57.5 Å². The lowest BCUT2D eigenvalue weighted by Gasteiger charge is -2.35. The molecule has 0 spiro atoms. The van der Waals surface area contributed by atoms with Crippen molar-refractivity contribution in [3.05, 3.63) is 0 Å². The number of carbonyl (C=O) groups excluding carboxylic acids is 11. The van der Waals surface area contributed by atoms with E-state index in [4.69, 9.17) is 11.5 Å². The number of hydrogen-bond donors (Lipinski definition) is 15. The average molecular weight is 1150 g/mol. The van der Waals surface area contributed by atoms with Crippen LogP contribution in [0.25, 0.3) is 0 Å². The van der Waals surface area contributed by atoms with E-state index in [1.54, 1.807) is 27.7 Å². The number of aliphatic carboxylic acids is 1. The van der Waals surface area contributed by atoms with Crippen molar-refractivity contribution in [2.45, 2.75) is 186 Å². The third kappa shape index (κ3) is 20.1. The number of thiol groups is 2. The van der Waals surface area contributed by atoms with Crippen LogP contribution in [0.15, 0.2) is 0 Å². The van der Waals surface area contributed by atoms with Gasteiger partial charge in [-0.15, -0.1) is 0 Å². The van der Waals surface area contributed by atoms with Gasteiger partial charge in [0.05, 0.1) is 18.8 Å². The van der Waals surface area contributed by atoms with Crippen molar-refractivity contribution in [2.75, 3.05) is 31.2 Å². The van der Waals surface area contributed by atoms with Crippen molar-refractivity contribution < 1.29 is 72.9 Å². The molecule has 2 aliphatic rings. The van der Waals surface area contributed by atoms with E-state index < -0.39 is 162 Å². The Hall–Kier alpha value is -5.78. The van der Waals surface area contributed by atoms with Crippen molar-refractivity contribution in [3.63, 3.8) is 0 Å². The minimum Gasteiger partial charge on any atom is -0.480 e. The summed E-state index contributed by atoms with van der Waals surface area (Å²) in [7, 11) is 0. The Morgan fingerprint density at radius 1 is 0.590 bits per heavy atom. The zero-order valence-electron chi connectivity index (χ0n) is 45.7. The van der Waals surface area contributed by atoms with Crippen LogP contribution in [0.2, 0.25) is 0 Å². The summed E-state index contributed by atoms with van der Waals surface area (Å²) in [4.78, 5) is 162. The van der Waals surface area contributed by atoms with Gasteiger partial charge in [-0.25, -0.2) is 4.79 Å². The predicted molar refractivity (Wildman–Crippen MR) is 289 cm³/mol. The van der Waals surface area contributed by atoms with Crippen molar-refractivity contribution in [1.82, 2.24) is 52.3 Å². The fraction of sp³-hybridized carbons (Fsp3) is 0.755. The molecule has 11 amide bonds. The van der Waals surface area contributed by atoms with E-state index in [0.717, 1.165) is 0 Å². The number of nitrogens with two attached hydrogens (primary N) is 2. The van der Waals surface area contributed by atoms with E-state index >= 15 is 0 Å². The van der Waals surface area contributed by atoms with Gasteiger partial charge < -0.3 is 79.1 Å². The van der Waals surface area contributed by atoms with E-state index in [2.05, 4.69) is 67.8 Å². The lowest BCUT2D eigenvalue weighted by Crippen LogP contribution is -2.62. The quantitative estimate of drug-likeness (QED) is 0.0285. The maximum absolute atomic E-state index is 14.5. The first-order valence-corrected chi connectivity index (χ1v) is 27.7. The summed E-state index contributed by atoms with van der Waals surface area (Å²) in [5.74, 6) is -11.6. The molecule has 2 heterocycles. The number of aliphatic hydroxyl groups excluding tert-OH is 2. The van der Waals surface area contributed by atoms with Crippen molar-refractivity contribution in [1.29, 1.82) is 0 Å². The van der Waals surface area contributed by atoms with Gasteiger partial charge >= 0.3 is 5.97 Å². The molecule has 2 rings (SSSR count). The first-order chi connectivity index (χ1) is 36.6. The minimum atomic E-state index is -1.66. The molecule has 0 aromatic heterocycles. The minimum absolute atomic E-state index is 0.0844. The summed E-state index contributed by atoms with van der Waals surface area (Å²) in [5, 5.41) is 49.9. The summed E-state index contributed by atoms with van der Waals surface area (Å²) in [6, 6.07) is -14.3. The molecular formula is C49H84N12O15S2. The Balaban J connectivity index is 2.20. The average Bonchev–Trinajstić information content (AvgIpc) is 4.10. The summed E-state index contributed by atoms with van der Waals surface area (Å²) in [6.45, 7) is 12.4. The monoisotopic (exact) mass is 1140 g/mol. The molecule has 0 saturated carbocycles. The number of nitrogens with zero attached hydrogens (tertiary/aromatic N) is 2. The summed E-state index contributed by atoms with van der Waals surface area (Å²) in [5.41, 5.74) is 11.1. The van der Waals surface area contributed by atoms with Crippen LogP contribution >= 0.6 is 25.3 Å². The summed E-state index contributed by atoms with van der Waals surface area (Å²) < 4.78 is 0. The molecule has 0 radical (unpaired) electrons. The number of likely N-dealkylation sites (tertiary alicyclic amines) is 2. The Morgan fingerprint density at radius 3 is 1.58 bits per heavy atom. The van der Waals surface area contributed by atoms with Gasteiger partial charge in [0, 0.05) is 31.0 Å². The number of rotatable bonds is 32. The SMILES string of the molecule is CC[C@H](C)[C@H](NC(=O)[C@@H]1CCCN1C(=O)[C@@H]1CCCN1C(=O)[C@@H](NC(=O)[C@H](CO)NC(=O)[C@H](C)NC(=O)[C@@H](NC(=O)[C@H](CS)NC(=O)[C@@H](N)CC(C)C)[C@@H](C)O)[C@@H](C)CC)C(=O)N[C@@H](CS)C(=O)N[C@@H](CCC(N)=O)C(=O)O. The van der Waals surface area contributed by atoms with Crippen molar-refractivity contribution >= 4 is 96.2 Å². The molecule has 0 unspecified atom stereocenters. The fourth-order valence-corrected chi connectivity index (χ4v) is 9.24. The third-order valence-electron chi connectivity index (χ3n) is 13.8. The molecule has 0 aromatic carbocycles. The van der Waals surface area contributed by atoms with Gasteiger partial charge in [0.1, 0.15) is 60.4 Å². The molecule has 29 heteroatoms. The largest absolute Gasteiger partial charge is 0.480 e. The summed E-state index contributed by atoms with van der Waals surface area (Å²) >= 11 is 8.27. The molecule has 0 aromatic rings. The highest BCUT2D eigenvalue weighted by molar-refractivity contribution is 7.80. The van der Waals surface area contributed by atoms with Gasteiger partial charge in [-0.3, -0.25) is 52.7 Å². The van der Waals surface area contributed by atoms with Gasteiger partial charge in [-0.05, 0) is 70.1 Å². The molecule has 27 nitrogen and oxygen atoms in total. The summed E-state index contributed by atoms with van der Waals surface area (Å²) in [6.07, 6.45) is 0.164. The number of amides is 11. The molecular weight excluding hydrogens is 1060 g/mol. The highest BCUT2D eigenvalue weighted by atomic mass is 32.1. The van der Waals surface area contributed by atoms with Crippen LogP contribution < -0.4 is 54.0 Å². The first kappa shape index (κ1) is 68.3. The van der Waals surface area contributed by atoms with E-state index in [9.17, 15) is 72.9 Å². The zero-order valence-corrected chi connectivity index (χ0v) is 47.5. The standard InChI is InChI=1S/C49H84N12O15S2/c1-9-24(5)36(45(71)56-31(21-77)42(68)53-29(49(75)76)15-16-35(51)64)57-44(70)33-13-11-17-60(33)47(73)34-14-12-18-61(34)48(74)37(25(6)10-2)58-41(67)30(20-62)54-39(65)26(7)52-46(72)38(27(8)63)59-43(69)32(22-78)55-40(66)28(50)19-23(3)4/h23-34,36-38,62-63,77-78H,9-22,50H2,1-8H3,(H2,51,64)(H,52,72)(H,53,68)(H,54,65)(H,55,66)(H,56,71)(H,57,70)(H,58,67)(H,59,69)(H,75,76)/t24-,25-,26-,27+,28-,29-,30-,31-,32-,33-,34-,36-,37-,38-/m0/s1. The maximum atomic E-state index is 14.5. The second-order valence-corrected chi connectivity index (χ2v) is 21.2. The molecule has 14 atom stereocenters. The van der Waals surface area contributed by atoms with Crippen LogP contribution in [0, 0.1) is 17.8 Å². The van der Waals surface area contributed by atoms with E-state index in [0.29, 0.717) is 32.1 Å². The zero-order chi connectivity index (χ0) is 59.3. The van der Waals surface area contributed by atoms with Crippen LogP contribution in [0.1, 0.15) is 113 Å². The van der Waals surface area contributed by atoms with E-state index in [1.807, 2.05) is 13.8 Å². The van der Waals surface area contributed by atoms with Gasteiger partial charge in [0.25, 0.3) is 0 Å². The molecule has 2 saturated heterocycles. The Bertz CT molecular complexity index is 2140. The smallest absolute Gasteiger partial charge is 0.326 e. The molecule has 2 aliphatic heterocycles. The highest BCUT2D eigenvalue weighted by Crippen LogP contribution is 2.27. The van der Waals surface area contributed by atoms with Gasteiger partial charge in [-0.1, -0.05) is 54.4 Å².